The highest BCUT2D eigenvalue weighted by Gasteiger charge is 2.38. The van der Waals surface area contributed by atoms with Gasteiger partial charge in [0.25, 0.3) is 0 Å². The Labute approximate surface area is 90.5 Å². The molecule has 3 unspecified atom stereocenters. The van der Waals surface area contributed by atoms with Crippen molar-refractivity contribution in [3.63, 3.8) is 0 Å². The van der Waals surface area contributed by atoms with E-state index in [1.54, 1.807) is 0 Å². The molecule has 84 valence electrons. The molecule has 3 atom stereocenters. The number of hydrogen-bond acceptors (Lipinski definition) is 0. The fourth-order valence-corrected chi connectivity index (χ4v) is 3.47. The molecule has 0 spiro atoms. The van der Waals surface area contributed by atoms with Crippen molar-refractivity contribution in [1.29, 1.82) is 0 Å². The first-order valence-electron chi connectivity index (χ1n) is 6.47. The van der Waals surface area contributed by atoms with Gasteiger partial charge in [-0.3, -0.25) is 0 Å². The van der Waals surface area contributed by atoms with E-state index < -0.39 is 0 Å². The fraction of sp³-hybridized carbons (Fsp3) is 1.00. The molecule has 1 saturated carbocycles. The predicted octanol–water partition coefficient (Wildman–Crippen LogP) is 4.89. The highest BCUT2D eigenvalue weighted by Crippen LogP contribution is 2.48. The van der Waals surface area contributed by atoms with Crippen molar-refractivity contribution in [2.24, 2.45) is 23.2 Å². The second kappa shape index (κ2) is 4.68. The summed E-state index contributed by atoms with van der Waals surface area (Å²) in [6.07, 6.45) is 7.11. The van der Waals surface area contributed by atoms with E-state index in [9.17, 15) is 0 Å². The van der Waals surface area contributed by atoms with Gasteiger partial charge >= 0.3 is 0 Å². The van der Waals surface area contributed by atoms with E-state index in [4.69, 9.17) is 0 Å². The van der Waals surface area contributed by atoms with Crippen LogP contribution in [0.4, 0.5) is 0 Å². The molecule has 0 aromatic carbocycles. The Balaban J connectivity index is 2.53. The minimum Gasteiger partial charge on any atom is -0.0654 e. The van der Waals surface area contributed by atoms with E-state index in [0.717, 1.165) is 17.8 Å². The molecule has 0 aromatic heterocycles. The van der Waals surface area contributed by atoms with Gasteiger partial charge < -0.3 is 0 Å². The first kappa shape index (κ1) is 12.1. The average Bonchev–Trinajstić information content (AvgIpc) is 2.42. The smallest absolute Gasteiger partial charge is 0.0323 e. The maximum absolute atomic E-state index is 2.49. The van der Waals surface area contributed by atoms with Crippen LogP contribution in [0.1, 0.15) is 66.7 Å². The monoisotopic (exact) mass is 196 g/mol. The Morgan fingerprint density at radius 1 is 1.14 bits per heavy atom. The van der Waals surface area contributed by atoms with Gasteiger partial charge in [-0.25, -0.2) is 0 Å². The summed E-state index contributed by atoms with van der Waals surface area (Å²) in [5, 5.41) is 0. The first-order valence-corrected chi connectivity index (χ1v) is 6.47. The third-order valence-electron chi connectivity index (χ3n) is 4.30. The molecule has 0 bridgehead atoms. The molecular formula is C14H28. The van der Waals surface area contributed by atoms with Gasteiger partial charge in [-0.15, -0.1) is 0 Å². The van der Waals surface area contributed by atoms with Gasteiger partial charge in [-0.2, -0.15) is 0 Å². The van der Waals surface area contributed by atoms with Crippen molar-refractivity contribution in [2.75, 3.05) is 0 Å². The summed E-state index contributed by atoms with van der Waals surface area (Å²) in [4.78, 5) is 0. The van der Waals surface area contributed by atoms with Gasteiger partial charge in [-0.1, -0.05) is 47.5 Å². The highest BCUT2D eigenvalue weighted by atomic mass is 14.4. The van der Waals surface area contributed by atoms with Crippen LogP contribution in [0.2, 0.25) is 0 Å². The molecule has 0 saturated heterocycles. The normalized spacial score (nSPS) is 33.6. The third-order valence-corrected chi connectivity index (χ3v) is 4.30. The van der Waals surface area contributed by atoms with Gasteiger partial charge in [0.2, 0.25) is 0 Å². The standard InChI is InChI=1S/C14H28/c1-6-7-8-14(4,5)13-10-11(2)9-12(13)3/h11-13H,6-10H2,1-5H3. The van der Waals surface area contributed by atoms with Gasteiger partial charge in [0.15, 0.2) is 0 Å². The zero-order valence-corrected chi connectivity index (χ0v) is 10.8. The van der Waals surface area contributed by atoms with E-state index >= 15 is 0 Å². The van der Waals surface area contributed by atoms with Gasteiger partial charge in [0, 0.05) is 0 Å². The topological polar surface area (TPSA) is 0 Å². The second-order valence-electron chi connectivity index (χ2n) is 6.25. The molecule has 1 aliphatic rings. The van der Waals surface area contributed by atoms with Crippen molar-refractivity contribution < 1.29 is 0 Å². The maximum Gasteiger partial charge on any atom is -0.0323 e. The van der Waals surface area contributed by atoms with Crippen molar-refractivity contribution in [2.45, 2.75) is 66.7 Å². The molecule has 0 aliphatic heterocycles. The van der Waals surface area contributed by atoms with Crippen molar-refractivity contribution >= 4 is 0 Å². The Kier molecular flexibility index (Phi) is 4.04. The molecule has 0 nitrogen and oxygen atoms in total. The predicted molar refractivity (Wildman–Crippen MR) is 64.4 cm³/mol. The summed E-state index contributed by atoms with van der Waals surface area (Å²) in [6.45, 7) is 12.2. The van der Waals surface area contributed by atoms with Crippen LogP contribution < -0.4 is 0 Å². The zero-order chi connectivity index (χ0) is 10.8. The Hall–Kier alpha value is 0. The Morgan fingerprint density at radius 3 is 2.21 bits per heavy atom. The molecule has 0 amide bonds. The molecule has 0 N–H and O–H groups in total. The molecular weight excluding hydrogens is 168 g/mol. The van der Waals surface area contributed by atoms with Crippen LogP contribution >= 0.6 is 0 Å². The van der Waals surface area contributed by atoms with Crippen LogP contribution in [0.5, 0.6) is 0 Å². The fourth-order valence-electron chi connectivity index (χ4n) is 3.47. The van der Waals surface area contributed by atoms with Crippen molar-refractivity contribution in [3.8, 4) is 0 Å². The van der Waals surface area contributed by atoms with Crippen LogP contribution in [0.15, 0.2) is 0 Å². The minimum absolute atomic E-state index is 0.584. The largest absolute Gasteiger partial charge is 0.0654 e. The van der Waals surface area contributed by atoms with Crippen LogP contribution in [0.3, 0.4) is 0 Å². The number of hydrogen-bond donors (Lipinski definition) is 0. The first-order chi connectivity index (χ1) is 6.47. The summed E-state index contributed by atoms with van der Waals surface area (Å²) < 4.78 is 0. The van der Waals surface area contributed by atoms with Crippen LogP contribution in [0, 0.1) is 23.2 Å². The van der Waals surface area contributed by atoms with E-state index in [1.165, 1.54) is 32.1 Å². The molecule has 1 fully saturated rings. The number of rotatable bonds is 4. The summed E-state index contributed by atoms with van der Waals surface area (Å²) in [5.41, 5.74) is 0.584. The molecule has 0 heteroatoms. The zero-order valence-electron chi connectivity index (χ0n) is 10.8. The summed E-state index contributed by atoms with van der Waals surface area (Å²) in [7, 11) is 0. The second-order valence-corrected chi connectivity index (χ2v) is 6.25. The number of unbranched alkanes of at least 4 members (excludes halogenated alkanes) is 1. The van der Waals surface area contributed by atoms with Crippen LogP contribution in [-0.4, -0.2) is 0 Å². The molecule has 1 rings (SSSR count). The van der Waals surface area contributed by atoms with E-state index in [1.807, 2.05) is 0 Å². The van der Waals surface area contributed by atoms with Gasteiger partial charge in [0.1, 0.15) is 0 Å². The third kappa shape index (κ3) is 2.74. The van der Waals surface area contributed by atoms with E-state index in [0.29, 0.717) is 5.41 Å². The minimum atomic E-state index is 0.584. The molecule has 1 aliphatic carbocycles. The Morgan fingerprint density at radius 2 is 1.79 bits per heavy atom. The Bertz CT molecular complexity index is 169. The van der Waals surface area contributed by atoms with E-state index in [2.05, 4.69) is 34.6 Å². The lowest BCUT2D eigenvalue weighted by atomic mass is 9.71. The lowest BCUT2D eigenvalue weighted by Gasteiger charge is -2.35. The SMILES string of the molecule is CCCCC(C)(C)C1CC(C)CC1C. The lowest BCUT2D eigenvalue weighted by Crippen LogP contribution is -2.26. The average molecular weight is 196 g/mol. The molecule has 0 aromatic rings. The van der Waals surface area contributed by atoms with Crippen LogP contribution in [0.25, 0.3) is 0 Å². The molecule has 0 heterocycles. The van der Waals surface area contributed by atoms with Gasteiger partial charge in [-0.05, 0) is 42.4 Å². The van der Waals surface area contributed by atoms with Crippen molar-refractivity contribution in [1.82, 2.24) is 0 Å². The molecule has 0 radical (unpaired) electrons. The van der Waals surface area contributed by atoms with Crippen LogP contribution in [-0.2, 0) is 0 Å². The lowest BCUT2D eigenvalue weighted by molar-refractivity contribution is 0.153. The maximum atomic E-state index is 2.49. The summed E-state index contributed by atoms with van der Waals surface area (Å²) in [5.74, 6) is 2.90. The van der Waals surface area contributed by atoms with Gasteiger partial charge in [0.05, 0.1) is 0 Å². The van der Waals surface area contributed by atoms with Crippen molar-refractivity contribution in [3.05, 3.63) is 0 Å². The summed E-state index contributed by atoms with van der Waals surface area (Å²) in [6, 6.07) is 0. The van der Waals surface area contributed by atoms with E-state index in [-0.39, 0.29) is 0 Å². The summed E-state index contributed by atoms with van der Waals surface area (Å²) >= 11 is 0. The quantitative estimate of drug-likeness (QED) is 0.601. The highest BCUT2D eigenvalue weighted by molar-refractivity contribution is 4.88. The molecule has 14 heavy (non-hydrogen) atoms.